The van der Waals surface area contributed by atoms with Gasteiger partial charge in [0.2, 0.25) is 0 Å². The van der Waals surface area contributed by atoms with Gasteiger partial charge in [-0.25, -0.2) is 4.98 Å². The van der Waals surface area contributed by atoms with Crippen LogP contribution in [0.1, 0.15) is 18.0 Å². The zero-order valence-electron chi connectivity index (χ0n) is 7.00. The summed E-state index contributed by atoms with van der Waals surface area (Å²) in [4.78, 5) is 3.86. The largest absolute Gasteiger partial charge is 0.271 e. The minimum absolute atomic E-state index is 0.0644. The van der Waals surface area contributed by atoms with Crippen LogP contribution < -0.4 is 11.3 Å². The van der Waals surface area contributed by atoms with Gasteiger partial charge in [0.25, 0.3) is 0 Å². The van der Waals surface area contributed by atoms with Crippen LogP contribution >= 0.6 is 11.6 Å². The van der Waals surface area contributed by atoms with Crippen molar-refractivity contribution in [3.05, 3.63) is 29.0 Å². The molecule has 3 N–H and O–H groups in total. The van der Waals surface area contributed by atoms with Crippen LogP contribution in [0.2, 0.25) is 5.15 Å². The maximum atomic E-state index is 5.71. The predicted octanol–water partition coefficient (Wildman–Crippen LogP) is 1.26. The van der Waals surface area contributed by atoms with Crippen molar-refractivity contribution in [2.75, 3.05) is 0 Å². The molecule has 0 saturated heterocycles. The summed E-state index contributed by atoms with van der Waals surface area (Å²) in [5, 5.41) is 0.440. The van der Waals surface area contributed by atoms with Gasteiger partial charge in [-0.2, -0.15) is 0 Å². The fraction of sp³-hybridized carbons (Fsp3) is 0.222. The highest BCUT2D eigenvalue weighted by atomic mass is 35.5. The fourth-order valence-corrected chi connectivity index (χ4v) is 1.21. The molecule has 1 unspecified atom stereocenters. The van der Waals surface area contributed by atoms with E-state index < -0.39 is 0 Å². The van der Waals surface area contributed by atoms with Crippen molar-refractivity contribution in [2.24, 2.45) is 5.84 Å². The molecular weight excluding hydrogens is 186 g/mol. The van der Waals surface area contributed by atoms with Crippen LogP contribution in [0.25, 0.3) is 0 Å². The van der Waals surface area contributed by atoms with E-state index in [4.69, 9.17) is 23.9 Å². The fourth-order valence-electron chi connectivity index (χ4n) is 1.03. The molecular formula is C9H10ClN3. The topological polar surface area (TPSA) is 50.9 Å². The molecule has 0 fully saturated rings. The molecule has 0 saturated carbocycles. The molecule has 0 radical (unpaired) electrons. The maximum Gasteiger partial charge on any atom is 0.129 e. The number of halogens is 1. The van der Waals surface area contributed by atoms with Crippen LogP contribution in [0.3, 0.4) is 0 Å². The third-order valence-corrected chi connectivity index (χ3v) is 1.88. The first-order valence-electron chi connectivity index (χ1n) is 3.79. The van der Waals surface area contributed by atoms with Crippen molar-refractivity contribution < 1.29 is 0 Å². The van der Waals surface area contributed by atoms with E-state index in [1.807, 2.05) is 6.07 Å². The van der Waals surface area contributed by atoms with E-state index in [1.54, 1.807) is 12.3 Å². The Hall–Kier alpha value is -1.08. The Bertz CT molecular complexity index is 319. The second-order valence-electron chi connectivity index (χ2n) is 2.54. The molecule has 0 aromatic carbocycles. The SMILES string of the molecule is C#CCC(NN)c1ccnc(Cl)c1. The van der Waals surface area contributed by atoms with E-state index in [-0.39, 0.29) is 6.04 Å². The van der Waals surface area contributed by atoms with Gasteiger partial charge in [0.15, 0.2) is 0 Å². The first kappa shape index (κ1) is 10.0. The normalized spacial score (nSPS) is 12.1. The average molecular weight is 196 g/mol. The lowest BCUT2D eigenvalue weighted by Gasteiger charge is -2.12. The van der Waals surface area contributed by atoms with Crippen LogP contribution in [-0.4, -0.2) is 4.98 Å². The van der Waals surface area contributed by atoms with Crippen molar-refractivity contribution in [1.82, 2.24) is 10.4 Å². The number of aromatic nitrogens is 1. The molecule has 68 valence electrons. The standard InChI is InChI=1S/C9H10ClN3/c1-2-3-8(13-11)7-4-5-12-9(10)6-7/h1,4-6,8,13H,3,11H2. The number of rotatable bonds is 3. The van der Waals surface area contributed by atoms with Gasteiger partial charge in [-0.15, -0.1) is 12.3 Å². The molecule has 1 atom stereocenters. The van der Waals surface area contributed by atoms with Crippen LogP contribution in [0.15, 0.2) is 18.3 Å². The lowest BCUT2D eigenvalue weighted by molar-refractivity contribution is 0.567. The van der Waals surface area contributed by atoms with E-state index in [9.17, 15) is 0 Å². The van der Waals surface area contributed by atoms with Gasteiger partial charge in [0.05, 0.1) is 6.04 Å². The molecule has 0 aliphatic heterocycles. The number of hydrogen-bond acceptors (Lipinski definition) is 3. The van der Waals surface area contributed by atoms with E-state index in [0.29, 0.717) is 11.6 Å². The molecule has 0 amide bonds. The zero-order valence-corrected chi connectivity index (χ0v) is 7.75. The second-order valence-corrected chi connectivity index (χ2v) is 2.93. The molecule has 0 aliphatic carbocycles. The summed E-state index contributed by atoms with van der Waals surface area (Å²) < 4.78 is 0. The first-order chi connectivity index (χ1) is 6.27. The average Bonchev–Trinajstić information content (AvgIpc) is 2.14. The molecule has 4 heteroatoms. The Labute approximate surface area is 82.3 Å². The smallest absolute Gasteiger partial charge is 0.129 e. The van der Waals surface area contributed by atoms with Crippen LogP contribution in [-0.2, 0) is 0 Å². The second kappa shape index (κ2) is 4.83. The lowest BCUT2D eigenvalue weighted by Crippen LogP contribution is -2.27. The molecule has 0 bridgehead atoms. The summed E-state index contributed by atoms with van der Waals surface area (Å²) in [7, 11) is 0. The van der Waals surface area contributed by atoms with E-state index in [1.165, 1.54) is 0 Å². The summed E-state index contributed by atoms with van der Waals surface area (Å²) >= 11 is 5.71. The van der Waals surface area contributed by atoms with Crippen molar-refractivity contribution >= 4 is 11.6 Å². The van der Waals surface area contributed by atoms with E-state index in [0.717, 1.165) is 5.56 Å². The van der Waals surface area contributed by atoms with Crippen molar-refractivity contribution in [2.45, 2.75) is 12.5 Å². The van der Waals surface area contributed by atoms with Crippen LogP contribution in [0, 0.1) is 12.3 Å². The van der Waals surface area contributed by atoms with Gasteiger partial charge >= 0.3 is 0 Å². The van der Waals surface area contributed by atoms with E-state index >= 15 is 0 Å². The maximum absolute atomic E-state index is 5.71. The van der Waals surface area contributed by atoms with Gasteiger partial charge in [-0.3, -0.25) is 11.3 Å². The number of pyridine rings is 1. The first-order valence-corrected chi connectivity index (χ1v) is 4.16. The Morgan fingerprint density at radius 2 is 2.54 bits per heavy atom. The number of hydrogen-bond donors (Lipinski definition) is 2. The van der Waals surface area contributed by atoms with Gasteiger partial charge in [-0.1, -0.05) is 11.6 Å². The number of hydrazine groups is 1. The van der Waals surface area contributed by atoms with Crippen molar-refractivity contribution in [1.29, 1.82) is 0 Å². The third kappa shape index (κ3) is 2.71. The summed E-state index contributed by atoms with van der Waals surface area (Å²) in [6.45, 7) is 0. The quantitative estimate of drug-likeness (QED) is 0.331. The van der Waals surface area contributed by atoms with E-state index in [2.05, 4.69) is 16.3 Å². The number of nitrogens with zero attached hydrogens (tertiary/aromatic N) is 1. The van der Waals surface area contributed by atoms with Crippen molar-refractivity contribution in [3.63, 3.8) is 0 Å². The monoisotopic (exact) mass is 195 g/mol. The highest BCUT2D eigenvalue weighted by Crippen LogP contribution is 2.17. The summed E-state index contributed by atoms with van der Waals surface area (Å²) in [6.07, 6.45) is 7.33. The molecule has 13 heavy (non-hydrogen) atoms. The summed E-state index contributed by atoms with van der Waals surface area (Å²) in [5.74, 6) is 7.86. The lowest BCUT2D eigenvalue weighted by atomic mass is 10.1. The summed E-state index contributed by atoms with van der Waals surface area (Å²) in [6, 6.07) is 3.50. The number of terminal acetylenes is 1. The Balaban J connectivity index is 2.86. The minimum atomic E-state index is -0.0644. The van der Waals surface area contributed by atoms with Crippen LogP contribution in [0.4, 0.5) is 0 Å². The Morgan fingerprint density at radius 1 is 1.77 bits per heavy atom. The highest BCUT2D eigenvalue weighted by Gasteiger charge is 2.07. The highest BCUT2D eigenvalue weighted by molar-refractivity contribution is 6.29. The molecule has 1 heterocycles. The molecule has 1 aromatic heterocycles. The van der Waals surface area contributed by atoms with Gasteiger partial charge in [0, 0.05) is 12.6 Å². The molecule has 0 spiro atoms. The minimum Gasteiger partial charge on any atom is -0.271 e. The Kier molecular flexibility index (Phi) is 3.71. The summed E-state index contributed by atoms with van der Waals surface area (Å²) in [5.41, 5.74) is 3.56. The molecule has 3 nitrogen and oxygen atoms in total. The zero-order chi connectivity index (χ0) is 9.68. The van der Waals surface area contributed by atoms with Gasteiger partial charge in [0.1, 0.15) is 5.15 Å². The number of nitrogens with one attached hydrogen (secondary N) is 1. The molecule has 0 aliphatic rings. The van der Waals surface area contributed by atoms with Gasteiger partial charge in [-0.05, 0) is 17.7 Å². The van der Waals surface area contributed by atoms with Gasteiger partial charge < -0.3 is 0 Å². The Morgan fingerprint density at radius 3 is 3.08 bits per heavy atom. The van der Waals surface area contributed by atoms with Crippen molar-refractivity contribution in [3.8, 4) is 12.3 Å². The predicted molar refractivity (Wildman–Crippen MR) is 52.8 cm³/mol. The molecule has 1 rings (SSSR count). The van der Waals surface area contributed by atoms with Crippen LogP contribution in [0.5, 0.6) is 0 Å². The molecule has 1 aromatic rings. The third-order valence-electron chi connectivity index (χ3n) is 1.68. The number of nitrogens with two attached hydrogens (primary N) is 1.